The minimum Gasteiger partial charge on any atom is -0.344 e. The highest BCUT2D eigenvalue weighted by atomic mass is 14.9. The molecule has 0 N–H and O–H groups in total. The standard InChI is InChI=1S/C65H44N2/c1-66-58-33-13-10-24-51(58)63-47(30-17-35-60(63)66)44-26-15-28-49-53(44)40-54-45(48-31-18-36-61-64(48)52-25-11-14-34-59(52)67(61)2)27-16-29-50(54)62(49)41-37-38-57-55(39-41)46-23-9-12-32-56(46)65(57,42-19-5-3-6-20-42)43-21-7-4-8-22-43/h3-40H,1-2H3. The Kier molecular flexibility index (Phi) is 8.06. The zero-order valence-corrected chi connectivity index (χ0v) is 37.3. The molecule has 11 aromatic carbocycles. The molecule has 0 unspecified atom stereocenters. The lowest BCUT2D eigenvalue weighted by Crippen LogP contribution is -2.28. The Hall–Kier alpha value is -8.46. The second-order valence-corrected chi connectivity index (χ2v) is 18.4. The summed E-state index contributed by atoms with van der Waals surface area (Å²) in [7, 11) is 4.39. The predicted molar refractivity (Wildman–Crippen MR) is 283 cm³/mol. The van der Waals surface area contributed by atoms with Crippen molar-refractivity contribution in [2.45, 2.75) is 5.41 Å². The summed E-state index contributed by atoms with van der Waals surface area (Å²) in [5.41, 5.74) is 19.6. The van der Waals surface area contributed by atoms with Crippen LogP contribution in [0.25, 0.3) is 110 Å². The minimum absolute atomic E-state index is 0.470. The zero-order chi connectivity index (χ0) is 44.4. The first-order valence-electron chi connectivity index (χ1n) is 23.4. The van der Waals surface area contributed by atoms with E-state index in [1.807, 2.05) is 0 Å². The molecule has 0 saturated carbocycles. The van der Waals surface area contributed by atoms with Crippen LogP contribution in [0.3, 0.4) is 0 Å². The van der Waals surface area contributed by atoms with Crippen LogP contribution in [0.4, 0.5) is 0 Å². The highest BCUT2D eigenvalue weighted by molar-refractivity contribution is 6.24. The third-order valence-electron chi connectivity index (χ3n) is 15.2. The van der Waals surface area contributed by atoms with Crippen molar-refractivity contribution in [3.05, 3.63) is 253 Å². The van der Waals surface area contributed by atoms with Crippen LogP contribution < -0.4 is 0 Å². The van der Waals surface area contributed by atoms with E-state index in [1.54, 1.807) is 0 Å². The number of para-hydroxylation sites is 2. The Morgan fingerprint density at radius 1 is 0.284 bits per heavy atom. The van der Waals surface area contributed by atoms with E-state index in [0.29, 0.717) is 0 Å². The van der Waals surface area contributed by atoms with Crippen molar-refractivity contribution >= 4 is 65.2 Å². The van der Waals surface area contributed by atoms with Gasteiger partial charge in [0, 0.05) is 57.7 Å². The van der Waals surface area contributed by atoms with Crippen molar-refractivity contribution in [3.8, 4) is 44.5 Å². The fourth-order valence-corrected chi connectivity index (χ4v) is 12.4. The lowest BCUT2D eigenvalue weighted by Gasteiger charge is -2.33. The van der Waals surface area contributed by atoms with Gasteiger partial charge in [-0.1, -0.05) is 194 Å². The van der Waals surface area contributed by atoms with Gasteiger partial charge < -0.3 is 9.13 Å². The van der Waals surface area contributed by atoms with Crippen molar-refractivity contribution < 1.29 is 0 Å². The molecule has 0 fully saturated rings. The molecular formula is C65H44N2. The maximum absolute atomic E-state index is 2.51. The van der Waals surface area contributed by atoms with Crippen LogP contribution >= 0.6 is 0 Å². The van der Waals surface area contributed by atoms with Gasteiger partial charge in [0.15, 0.2) is 0 Å². The Bertz CT molecular complexity index is 3950. The van der Waals surface area contributed by atoms with Gasteiger partial charge in [-0.25, -0.2) is 0 Å². The van der Waals surface area contributed by atoms with Crippen LogP contribution in [0.15, 0.2) is 231 Å². The molecule has 0 atom stereocenters. The lowest BCUT2D eigenvalue weighted by atomic mass is 9.67. The lowest BCUT2D eigenvalue weighted by molar-refractivity contribution is 0.768. The van der Waals surface area contributed by atoms with Gasteiger partial charge >= 0.3 is 0 Å². The van der Waals surface area contributed by atoms with Crippen LogP contribution in [0.5, 0.6) is 0 Å². The average Bonchev–Trinajstić information content (AvgIpc) is 3.98. The Morgan fingerprint density at radius 3 is 1.27 bits per heavy atom. The molecule has 0 bridgehead atoms. The highest BCUT2D eigenvalue weighted by Crippen LogP contribution is 2.57. The SMILES string of the molecule is Cn1c2ccccc2c2c(-c3cccc4c(-c5ccc6c(c5)-c5ccccc5C6(c5ccccc5)c5ccccc5)c5cccc(-c6cccc7c6c6ccccc6n7C)c5cc34)cccc21. The van der Waals surface area contributed by atoms with Crippen LogP contribution in [-0.4, -0.2) is 9.13 Å². The van der Waals surface area contributed by atoms with Gasteiger partial charge in [0.1, 0.15) is 0 Å². The third kappa shape index (κ3) is 5.16. The summed E-state index contributed by atoms with van der Waals surface area (Å²) in [4.78, 5) is 0. The average molecular weight is 853 g/mol. The molecule has 1 aliphatic carbocycles. The van der Waals surface area contributed by atoms with Gasteiger partial charge in [-0.05, 0) is 125 Å². The first kappa shape index (κ1) is 37.9. The van der Waals surface area contributed by atoms with E-state index >= 15 is 0 Å². The number of rotatable bonds is 5. The van der Waals surface area contributed by atoms with E-state index in [2.05, 4.69) is 254 Å². The molecule has 2 nitrogen and oxygen atoms in total. The maximum Gasteiger partial charge on any atom is 0.0713 e. The van der Waals surface area contributed by atoms with E-state index in [4.69, 9.17) is 0 Å². The van der Waals surface area contributed by atoms with E-state index in [1.165, 1.54) is 132 Å². The zero-order valence-electron chi connectivity index (χ0n) is 37.3. The van der Waals surface area contributed by atoms with Crippen molar-refractivity contribution in [3.63, 3.8) is 0 Å². The molecule has 0 spiro atoms. The molecule has 0 amide bonds. The quantitative estimate of drug-likeness (QED) is 0.153. The molecule has 13 aromatic rings. The Morgan fingerprint density at radius 2 is 0.701 bits per heavy atom. The van der Waals surface area contributed by atoms with E-state index < -0.39 is 5.41 Å². The molecule has 0 radical (unpaired) electrons. The van der Waals surface area contributed by atoms with E-state index in [9.17, 15) is 0 Å². The summed E-state index contributed by atoms with van der Waals surface area (Å²) < 4.78 is 4.69. The molecule has 0 aliphatic heterocycles. The maximum atomic E-state index is 2.51. The number of fused-ring (bicyclic) bond motifs is 11. The monoisotopic (exact) mass is 852 g/mol. The van der Waals surface area contributed by atoms with Crippen LogP contribution in [0, 0.1) is 0 Å². The Balaban J connectivity index is 1.11. The fourth-order valence-electron chi connectivity index (χ4n) is 12.4. The summed E-state index contributed by atoms with van der Waals surface area (Å²) in [6.45, 7) is 0. The van der Waals surface area contributed by atoms with Gasteiger partial charge in [0.25, 0.3) is 0 Å². The van der Waals surface area contributed by atoms with Gasteiger partial charge in [-0.2, -0.15) is 0 Å². The van der Waals surface area contributed by atoms with Crippen molar-refractivity contribution in [2.24, 2.45) is 14.1 Å². The summed E-state index contributed by atoms with van der Waals surface area (Å²) >= 11 is 0. The summed E-state index contributed by atoms with van der Waals surface area (Å²) in [6, 6.07) is 86.4. The normalized spacial score (nSPS) is 13.0. The van der Waals surface area contributed by atoms with Crippen molar-refractivity contribution in [2.75, 3.05) is 0 Å². The van der Waals surface area contributed by atoms with Crippen LogP contribution in [0.2, 0.25) is 0 Å². The van der Waals surface area contributed by atoms with Crippen LogP contribution in [0.1, 0.15) is 22.3 Å². The summed E-state index contributed by atoms with van der Waals surface area (Å²) in [5.74, 6) is 0. The number of benzene rings is 11. The number of nitrogens with zero attached hydrogens (tertiary/aromatic N) is 2. The molecule has 2 heterocycles. The van der Waals surface area contributed by atoms with Crippen molar-refractivity contribution in [1.29, 1.82) is 0 Å². The van der Waals surface area contributed by atoms with E-state index in [-0.39, 0.29) is 0 Å². The molecule has 0 saturated heterocycles. The molecule has 2 heteroatoms. The molecular weight excluding hydrogens is 809 g/mol. The fraction of sp³-hybridized carbons (Fsp3) is 0.0462. The second kappa shape index (κ2) is 14.3. The molecule has 14 rings (SSSR count). The number of hydrogen-bond donors (Lipinski definition) is 0. The van der Waals surface area contributed by atoms with Crippen LogP contribution in [-0.2, 0) is 19.5 Å². The predicted octanol–water partition coefficient (Wildman–Crippen LogP) is 16.6. The van der Waals surface area contributed by atoms with E-state index in [0.717, 1.165) is 0 Å². The second-order valence-electron chi connectivity index (χ2n) is 18.4. The molecule has 67 heavy (non-hydrogen) atoms. The number of aromatic nitrogens is 2. The number of hydrogen-bond acceptors (Lipinski definition) is 0. The van der Waals surface area contributed by atoms with Crippen molar-refractivity contribution in [1.82, 2.24) is 9.13 Å². The topological polar surface area (TPSA) is 9.86 Å². The van der Waals surface area contributed by atoms with Gasteiger partial charge in [-0.15, -0.1) is 0 Å². The van der Waals surface area contributed by atoms with Gasteiger partial charge in [-0.3, -0.25) is 0 Å². The summed E-state index contributed by atoms with van der Waals surface area (Å²) in [5, 5.41) is 10.1. The smallest absolute Gasteiger partial charge is 0.0713 e. The Labute approximate surface area is 389 Å². The first-order valence-corrected chi connectivity index (χ1v) is 23.4. The first-order chi connectivity index (χ1) is 33.1. The molecule has 314 valence electrons. The molecule has 1 aliphatic rings. The third-order valence-corrected chi connectivity index (χ3v) is 15.2. The minimum atomic E-state index is -0.470. The summed E-state index contributed by atoms with van der Waals surface area (Å²) in [6.07, 6.45) is 0. The largest absolute Gasteiger partial charge is 0.344 e. The highest BCUT2D eigenvalue weighted by Gasteiger charge is 2.46. The van der Waals surface area contributed by atoms with Gasteiger partial charge in [0.05, 0.1) is 5.41 Å². The molecule has 2 aromatic heterocycles. The van der Waals surface area contributed by atoms with Gasteiger partial charge in [0.2, 0.25) is 0 Å². The number of aryl methyl sites for hydroxylation is 2.